The quantitative estimate of drug-likeness (QED) is 0.809. The molecule has 0 aromatic rings. The third-order valence-electron chi connectivity index (χ3n) is 3.92. The van der Waals surface area contributed by atoms with Gasteiger partial charge >= 0.3 is 0 Å². The molecule has 1 saturated carbocycles. The molecule has 2 atom stereocenters. The smallest absolute Gasteiger partial charge is 0.261 e. The first-order valence-corrected chi connectivity index (χ1v) is 6.26. The summed E-state index contributed by atoms with van der Waals surface area (Å²) in [5.41, 5.74) is 0. The van der Waals surface area contributed by atoms with Crippen LogP contribution in [0.4, 0.5) is 8.78 Å². The van der Waals surface area contributed by atoms with E-state index in [4.69, 9.17) is 4.74 Å². The molecule has 94 valence electrons. The van der Waals surface area contributed by atoms with Crippen molar-refractivity contribution >= 4 is 0 Å². The number of hydrogen-bond donors (Lipinski definition) is 1. The molecule has 4 heteroatoms. The Bertz CT molecular complexity index is 229. The van der Waals surface area contributed by atoms with Crippen molar-refractivity contribution in [3.63, 3.8) is 0 Å². The second-order valence-electron chi connectivity index (χ2n) is 5.15. The van der Waals surface area contributed by atoms with Crippen LogP contribution in [0, 0.1) is 5.92 Å². The molecule has 1 aliphatic heterocycles. The maximum absolute atomic E-state index is 13.1. The molecule has 1 N–H and O–H groups in total. The fourth-order valence-corrected chi connectivity index (χ4v) is 3.13. The van der Waals surface area contributed by atoms with Gasteiger partial charge in [0.25, 0.3) is 5.92 Å². The number of ether oxygens (including phenoxy) is 1. The Kier molecular flexibility index (Phi) is 3.80. The summed E-state index contributed by atoms with van der Waals surface area (Å²) >= 11 is 0. The summed E-state index contributed by atoms with van der Waals surface area (Å²) in [5, 5.41) is 2.92. The van der Waals surface area contributed by atoms with Gasteiger partial charge in [0, 0.05) is 19.6 Å². The van der Waals surface area contributed by atoms with E-state index in [0.717, 1.165) is 12.8 Å². The highest BCUT2D eigenvalue weighted by molar-refractivity contribution is 4.94. The Morgan fingerprint density at radius 3 is 2.44 bits per heavy atom. The first kappa shape index (κ1) is 12.2. The van der Waals surface area contributed by atoms with Gasteiger partial charge in [-0.25, -0.2) is 8.78 Å². The lowest BCUT2D eigenvalue weighted by Crippen LogP contribution is -2.42. The average Bonchev–Trinajstić information content (AvgIpc) is 2.62. The third kappa shape index (κ3) is 2.72. The summed E-state index contributed by atoms with van der Waals surface area (Å²) in [5.74, 6) is -2.08. The number of hydrogen-bond acceptors (Lipinski definition) is 2. The SMILES string of the molecule is COC(C1CCCCC1)[C@@H]1CC(F)(F)CN1. The van der Waals surface area contributed by atoms with E-state index < -0.39 is 5.92 Å². The van der Waals surface area contributed by atoms with Gasteiger partial charge in [-0.2, -0.15) is 0 Å². The van der Waals surface area contributed by atoms with Gasteiger partial charge < -0.3 is 10.1 Å². The van der Waals surface area contributed by atoms with E-state index in [1.54, 1.807) is 7.11 Å². The van der Waals surface area contributed by atoms with Crippen molar-refractivity contribution in [3.8, 4) is 0 Å². The van der Waals surface area contributed by atoms with Crippen molar-refractivity contribution in [2.24, 2.45) is 5.92 Å². The summed E-state index contributed by atoms with van der Waals surface area (Å²) in [4.78, 5) is 0. The first-order valence-electron chi connectivity index (χ1n) is 6.26. The largest absolute Gasteiger partial charge is 0.380 e. The Morgan fingerprint density at radius 2 is 1.94 bits per heavy atom. The number of nitrogens with one attached hydrogen (secondary N) is 1. The van der Waals surface area contributed by atoms with Crippen LogP contribution in [-0.4, -0.2) is 31.7 Å². The van der Waals surface area contributed by atoms with Crippen molar-refractivity contribution in [1.82, 2.24) is 5.32 Å². The minimum Gasteiger partial charge on any atom is -0.380 e. The van der Waals surface area contributed by atoms with Gasteiger partial charge in [0.1, 0.15) is 0 Å². The Labute approximate surface area is 95.7 Å². The van der Waals surface area contributed by atoms with Gasteiger partial charge in [0.15, 0.2) is 0 Å². The van der Waals surface area contributed by atoms with E-state index in [-0.39, 0.29) is 25.1 Å². The summed E-state index contributed by atoms with van der Waals surface area (Å²) in [6, 6.07) is -0.164. The van der Waals surface area contributed by atoms with Crippen LogP contribution in [0.1, 0.15) is 38.5 Å². The monoisotopic (exact) mass is 233 g/mol. The molecular weight excluding hydrogens is 212 g/mol. The number of rotatable bonds is 3. The predicted octanol–water partition coefficient (Wildman–Crippen LogP) is 2.58. The molecule has 1 aliphatic carbocycles. The number of alkyl halides is 2. The standard InChI is InChI=1S/C12H21F2NO/c1-16-11(9-5-3-2-4-6-9)10-7-12(13,14)8-15-10/h9-11,15H,2-8H2,1H3/t10-,11?/m0/s1. The molecule has 16 heavy (non-hydrogen) atoms. The Morgan fingerprint density at radius 1 is 1.25 bits per heavy atom. The van der Waals surface area contributed by atoms with Crippen LogP contribution in [0.15, 0.2) is 0 Å². The maximum atomic E-state index is 13.1. The molecule has 1 heterocycles. The summed E-state index contributed by atoms with van der Waals surface area (Å²) < 4.78 is 31.8. The molecule has 2 rings (SSSR count). The molecule has 0 radical (unpaired) electrons. The van der Waals surface area contributed by atoms with Crippen LogP contribution in [0.2, 0.25) is 0 Å². The lowest BCUT2D eigenvalue weighted by molar-refractivity contribution is -0.0109. The minimum absolute atomic E-state index is 0.0336. The third-order valence-corrected chi connectivity index (χ3v) is 3.92. The Balaban J connectivity index is 1.94. The maximum Gasteiger partial charge on any atom is 0.261 e. The minimum atomic E-state index is -2.55. The van der Waals surface area contributed by atoms with Crippen molar-refractivity contribution in [1.29, 1.82) is 0 Å². The lowest BCUT2D eigenvalue weighted by atomic mass is 9.82. The van der Waals surface area contributed by atoms with E-state index in [1.165, 1.54) is 19.3 Å². The van der Waals surface area contributed by atoms with E-state index in [1.807, 2.05) is 0 Å². The zero-order valence-electron chi connectivity index (χ0n) is 9.85. The summed E-state index contributed by atoms with van der Waals surface area (Å²) in [7, 11) is 1.65. The second-order valence-corrected chi connectivity index (χ2v) is 5.15. The zero-order valence-corrected chi connectivity index (χ0v) is 9.85. The molecule has 0 aromatic heterocycles. The molecular formula is C12H21F2NO. The van der Waals surface area contributed by atoms with Crippen molar-refractivity contribution in [2.45, 2.75) is 56.6 Å². The zero-order chi connectivity index (χ0) is 11.6. The molecule has 0 aromatic carbocycles. The summed E-state index contributed by atoms with van der Waals surface area (Å²) in [6.45, 7) is -0.190. The summed E-state index contributed by atoms with van der Waals surface area (Å²) in [6.07, 6.45) is 5.86. The van der Waals surface area contributed by atoms with Gasteiger partial charge in [0.2, 0.25) is 0 Å². The van der Waals surface area contributed by atoms with Crippen LogP contribution in [0.3, 0.4) is 0 Å². The molecule has 1 unspecified atom stereocenters. The number of halogens is 2. The normalized spacial score (nSPS) is 32.8. The van der Waals surface area contributed by atoms with Crippen LogP contribution in [0.5, 0.6) is 0 Å². The van der Waals surface area contributed by atoms with Gasteiger partial charge in [0.05, 0.1) is 12.6 Å². The molecule has 0 spiro atoms. The van der Waals surface area contributed by atoms with Gasteiger partial charge in [-0.05, 0) is 18.8 Å². The van der Waals surface area contributed by atoms with Crippen LogP contribution in [-0.2, 0) is 4.74 Å². The van der Waals surface area contributed by atoms with Crippen LogP contribution < -0.4 is 5.32 Å². The van der Waals surface area contributed by atoms with Gasteiger partial charge in [-0.3, -0.25) is 0 Å². The molecule has 2 nitrogen and oxygen atoms in total. The fourth-order valence-electron chi connectivity index (χ4n) is 3.13. The van der Waals surface area contributed by atoms with E-state index in [2.05, 4.69) is 5.32 Å². The van der Waals surface area contributed by atoms with Gasteiger partial charge in [-0.15, -0.1) is 0 Å². The fraction of sp³-hybridized carbons (Fsp3) is 1.00. The Hall–Kier alpha value is -0.220. The van der Waals surface area contributed by atoms with E-state index >= 15 is 0 Å². The van der Waals surface area contributed by atoms with Crippen molar-refractivity contribution in [3.05, 3.63) is 0 Å². The molecule has 0 bridgehead atoms. The highest BCUT2D eigenvalue weighted by Crippen LogP contribution is 2.34. The number of methoxy groups -OCH3 is 1. The molecule has 0 amide bonds. The molecule has 2 fully saturated rings. The van der Waals surface area contributed by atoms with E-state index in [9.17, 15) is 8.78 Å². The van der Waals surface area contributed by atoms with E-state index in [0.29, 0.717) is 5.92 Å². The van der Waals surface area contributed by atoms with Gasteiger partial charge in [-0.1, -0.05) is 19.3 Å². The highest BCUT2D eigenvalue weighted by atomic mass is 19.3. The highest BCUT2D eigenvalue weighted by Gasteiger charge is 2.44. The second kappa shape index (κ2) is 4.96. The lowest BCUT2D eigenvalue weighted by Gasteiger charge is -2.33. The van der Waals surface area contributed by atoms with Crippen molar-refractivity contribution < 1.29 is 13.5 Å². The first-order chi connectivity index (χ1) is 7.62. The van der Waals surface area contributed by atoms with Crippen molar-refractivity contribution in [2.75, 3.05) is 13.7 Å². The molecule has 2 aliphatic rings. The van der Waals surface area contributed by atoms with Crippen LogP contribution >= 0.6 is 0 Å². The predicted molar refractivity (Wildman–Crippen MR) is 58.7 cm³/mol. The molecule has 1 saturated heterocycles. The van der Waals surface area contributed by atoms with Crippen LogP contribution in [0.25, 0.3) is 0 Å². The average molecular weight is 233 g/mol. The topological polar surface area (TPSA) is 21.3 Å².